The van der Waals surface area contributed by atoms with Crippen LogP contribution in [0.4, 0.5) is 0 Å². The second-order valence-corrected chi connectivity index (χ2v) is 2.79. The molecule has 0 atom stereocenters. The van der Waals surface area contributed by atoms with Gasteiger partial charge in [-0.25, -0.2) is 0 Å². The van der Waals surface area contributed by atoms with Gasteiger partial charge in [-0.15, -0.1) is 0 Å². The lowest BCUT2D eigenvalue weighted by Gasteiger charge is -1.88. The summed E-state index contributed by atoms with van der Waals surface area (Å²) in [6.07, 6.45) is 3.37. The maximum Gasteiger partial charge on any atom is 0.294 e. The summed E-state index contributed by atoms with van der Waals surface area (Å²) in [7, 11) is 0. The van der Waals surface area contributed by atoms with Gasteiger partial charge in [-0.2, -0.15) is 4.98 Å². The number of aromatic nitrogens is 3. The Labute approximate surface area is 76.8 Å². The van der Waals surface area contributed by atoms with E-state index in [9.17, 15) is 0 Å². The van der Waals surface area contributed by atoms with Crippen molar-refractivity contribution in [2.45, 2.75) is 0 Å². The fourth-order valence-corrected chi connectivity index (χ4v) is 1.06. The predicted molar refractivity (Wildman–Crippen MR) is 45.2 cm³/mol. The highest BCUT2D eigenvalue weighted by molar-refractivity contribution is 9.10. The summed E-state index contributed by atoms with van der Waals surface area (Å²) < 4.78 is 4.75. The number of nitrogens with zero attached hydrogens (tertiary/aromatic N) is 3. The first-order chi connectivity index (χ1) is 5.86. The van der Waals surface area contributed by atoms with Gasteiger partial charge in [0.25, 0.3) is 4.80 Å². The van der Waals surface area contributed by atoms with E-state index in [-0.39, 0.29) is 0 Å². The third-order valence-corrected chi connectivity index (χ3v) is 1.64. The minimum Gasteiger partial charge on any atom is -0.326 e. The zero-order valence-corrected chi connectivity index (χ0v) is 7.52. The molecular weight excluding hydrogens is 222 g/mol. The van der Waals surface area contributed by atoms with E-state index in [0.717, 1.165) is 5.56 Å². The van der Waals surface area contributed by atoms with Crippen LogP contribution in [0.3, 0.4) is 0 Å². The molecule has 60 valence electrons. The molecule has 4 nitrogen and oxygen atoms in total. The molecule has 0 aromatic carbocycles. The zero-order chi connectivity index (χ0) is 8.39. The third-order valence-electron chi connectivity index (χ3n) is 1.32. The minimum absolute atomic E-state index is 0.376. The molecule has 0 radical (unpaired) electrons. The normalized spacial score (nSPS) is 10.1. The maximum absolute atomic E-state index is 4.75. The molecule has 2 aromatic heterocycles. The Morgan fingerprint density at radius 1 is 1.42 bits per heavy atom. The average Bonchev–Trinajstić information content (AvgIpc) is 2.54. The van der Waals surface area contributed by atoms with Crippen LogP contribution in [0.1, 0.15) is 0 Å². The van der Waals surface area contributed by atoms with Gasteiger partial charge in [-0.05, 0) is 12.1 Å². The van der Waals surface area contributed by atoms with Gasteiger partial charge in [0, 0.05) is 33.9 Å². The van der Waals surface area contributed by atoms with E-state index in [1.165, 1.54) is 0 Å². The van der Waals surface area contributed by atoms with E-state index in [1.54, 1.807) is 12.4 Å². The van der Waals surface area contributed by atoms with Crippen molar-refractivity contribution >= 4 is 15.9 Å². The van der Waals surface area contributed by atoms with Gasteiger partial charge in [-0.1, -0.05) is 5.16 Å². The topological polar surface area (TPSA) is 51.8 Å². The zero-order valence-electron chi connectivity index (χ0n) is 5.94. The van der Waals surface area contributed by atoms with Crippen molar-refractivity contribution in [3.05, 3.63) is 29.3 Å². The smallest absolute Gasteiger partial charge is 0.294 e. The first-order valence-electron chi connectivity index (χ1n) is 3.26. The molecule has 0 spiro atoms. The summed E-state index contributed by atoms with van der Waals surface area (Å²) in [5, 5.41) is 3.71. The highest BCUT2D eigenvalue weighted by Crippen LogP contribution is 2.15. The van der Waals surface area contributed by atoms with E-state index in [1.807, 2.05) is 12.1 Å². The molecule has 2 heterocycles. The average molecular weight is 226 g/mol. The lowest BCUT2D eigenvalue weighted by atomic mass is 10.3. The second kappa shape index (κ2) is 3.02. The van der Waals surface area contributed by atoms with Crippen LogP contribution in [0, 0.1) is 0 Å². The van der Waals surface area contributed by atoms with Crippen LogP contribution < -0.4 is 0 Å². The van der Waals surface area contributed by atoms with E-state index < -0.39 is 0 Å². The van der Waals surface area contributed by atoms with Crippen molar-refractivity contribution in [1.82, 2.24) is 15.1 Å². The van der Waals surface area contributed by atoms with E-state index in [0.29, 0.717) is 10.6 Å². The van der Waals surface area contributed by atoms with Crippen LogP contribution in [-0.4, -0.2) is 15.1 Å². The highest BCUT2D eigenvalue weighted by atomic mass is 79.9. The number of hydrogen-bond donors (Lipinski definition) is 0. The van der Waals surface area contributed by atoms with E-state index in [4.69, 9.17) is 4.52 Å². The molecule has 5 heteroatoms. The van der Waals surface area contributed by atoms with Crippen molar-refractivity contribution in [3.63, 3.8) is 0 Å². The summed E-state index contributed by atoms with van der Waals surface area (Å²) in [5.41, 5.74) is 0.840. The van der Waals surface area contributed by atoms with Gasteiger partial charge in [0.05, 0.1) is 0 Å². The van der Waals surface area contributed by atoms with Gasteiger partial charge in [0.15, 0.2) is 0 Å². The first-order valence-corrected chi connectivity index (χ1v) is 4.05. The number of halogens is 1. The minimum atomic E-state index is 0.376. The number of pyridine rings is 1. The lowest BCUT2D eigenvalue weighted by molar-refractivity contribution is 0.397. The van der Waals surface area contributed by atoms with Crippen molar-refractivity contribution in [2.75, 3.05) is 0 Å². The summed E-state index contributed by atoms with van der Waals surface area (Å²) in [5.74, 6) is 0.537. The molecule has 0 aliphatic rings. The Kier molecular flexibility index (Phi) is 1.87. The van der Waals surface area contributed by atoms with Crippen molar-refractivity contribution < 1.29 is 4.52 Å². The highest BCUT2D eigenvalue weighted by Gasteiger charge is 2.04. The standard InChI is InChI=1S/C7H4BrN3O/c8-7-10-6(11-12-7)5-2-1-3-9-4-5/h1-4H. The Bertz CT molecular complexity index is 373. The number of hydrogen-bond acceptors (Lipinski definition) is 4. The molecule has 0 aliphatic carbocycles. The first kappa shape index (κ1) is 7.42. The summed E-state index contributed by atoms with van der Waals surface area (Å²) >= 11 is 3.07. The van der Waals surface area contributed by atoms with Crippen LogP contribution >= 0.6 is 15.9 Å². The quantitative estimate of drug-likeness (QED) is 0.744. The molecule has 2 aromatic rings. The fourth-order valence-electron chi connectivity index (χ4n) is 0.817. The van der Waals surface area contributed by atoms with Crippen LogP contribution in [0.25, 0.3) is 11.4 Å². The Balaban J connectivity index is 2.45. The second-order valence-electron chi connectivity index (χ2n) is 2.11. The molecule has 0 aliphatic heterocycles. The Morgan fingerprint density at radius 3 is 2.92 bits per heavy atom. The molecule has 0 saturated heterocycles. The molecule has 0 bridgehead atoms. The van der Waals surface area contributed by atoms with Gasteiger partial charge >= 0.3 is 0 Å². The SMILES string of the molecule is Brc1nc(-c2cccnc2)no1. The van der Waals surface area contributed by atoms with Crippen molar-refractivity contribution in [2.24, 2.45) is 0 Å². The summed E-state index contributed by atoms with van der Waals surface area (Å²) in [6, 6.07) is 3.68. The van der Waals surface area contributed by atoms with Crippen LogP contribution in [0.5, 0.6) is 0 Å². The molecule has 2 rings (SSSR count). The summed E-state index contributed by atoms with van der Waals surface area (Å²) in [4.78, 5) is 8.29. The molecule has 0 N–H and O–H groups in total. The Hall–Kier alpha value is -1.23. The molecule has 0 amide bonds. The van der Waals surface area contributed by atoms with Gasteiger partial charge in [-0.3, -0.25) is 4.98 Å². The molecule has 0 unspecified atom stereocenters. The van der Waals surface area contributed by atoms with Crippen LogP contribution in [0.15, 0.2) is 33.8 Å². The number of rotatable bonds is 1. The van der Waals surface area contributed by atoms with E-state index >= 15 is 0 Å². The largest absolute Gasteiger partial charge is 0.326 e. The van der Waals surface area contributed by atoms with Gasteiger partial charge in [0.2, 0.25) is 5.82 Å². The van der Waals surface area contributed by atoms with Crippen molar-refractivity contribution in [3.8, 4) is 11.4 Å². The molecule has 0 fully saturated rings. The maximum atomic E-state index is 4.75. The Morgan fingerprint density at radius 2 is 2.33 bits per heavy atom. The third kappa shape index (κ3) is 1.35. The predicted octanol–water partition coefficient (Wildman–Crippen LogP) is 1.89. The molecule has 12 heavy (non-hydrogen) atoms. The molecular formula is C7H4BrN3O. The molecule has 0 saturated carbocycles. The monoisotopic (exact) mass is 225 g/mol. The van der Waals surface area contributed by atoms with Crippen LogP contribution in [-0.2, 0) is 0 Å². The van der Waals surface area contributed by atoms with E-state index in [2.05, 4.69) is 31.1 Å². The van der Waals surface area contributed by atoms with Gasteiger partial charge in [0.1, 0.15) is 0 Å². The summed E-state index contributed by atoms with van der Waals surface area (Å²) in [6.45, 7) is 0. The van der Waals surface area contributed by atoms with Crippen LogP contribution in [0.2, 0.25) is 0 Å². The lowest BCUT2D eigenvalue weighted by Crippen LogP contribution is -1.80. The van der Waals surface area contributed by atoms with Crippen molar-refractivity contribution in [1.29, 1.82) is 0 Å². The van der Waals surface area contributed by atoms with Gasteiger partial charge < -0.3 is 4.52 Å². The fraction of sp³-hybridized carbons (Fsp3) is 0.